The Morgan fingerprint density at radius 3 is 2.62 bits per heavy atom. The number of nitrogens with zero attached hydrogens (tertiary/aromatic N) is 2. The van der Waals surface area contributed by atoms with Crippen LogP contribution in [0.5, 0.6) is 0 Å². The molecule has 0 bridgehead atoms. The second-order valence-corrected chi connectivity index (χ2v) is 5.16. The van der Waals surface area contributed by atoms with Crippen LogP contribution in [0.1, 0.15) is 29.9 Å². The van der Waals surface area contributed by atoms with Crippen LogP contribution in [0.3, 0.4) is 0 Å². The number of nitrogens with one attached hydrogen (secondary N) is 1. The van der Waals surface area contributed by atoms with Gasteiger partial charge in [0.05, 0.1) is 11.3 Å². The second-order valence-electron chi connectivity index (χ2n) is 4.28. The van der Waals surface area contributed by atoms with Crippen molar-refractivity contribution < 1.29 is 4.79 Å². The Labute approximate surface area is 110 Å². The molecule has 0 aliphatic heterocycles. The summed E-state index contributed by atoms with van der Waals surface area (Å²) in [6.07, 6.45) is 1.76. The lowest BCUT2D eigenvalue weighted by atomic mass is 10.1. The van der Waals surface area contributed by atoms with Crippen LogP contribution < -0.4 is 5.32 Å². The van der Waals surface area contributed by atoms with Gasteiger partial charge < -0.3 is 5.32 Å². The van der Waals surface area contributed by atoms with Crippen LogP contribution in [0, 0.1) is 12.8 Å². The quantitative estimate of drug-likeness (QED) is 0.675. The molecule has 0 saturated heterocycles. The van der Waals surface area contributed by atoms with Crippen molar-refractivity contribution in [2.45, 2.75) is 26.8 Å². The molecular formula is C11H18IN3O. The molecule has 0 radical (unpaired) electrons. The van der Waals surface area contributed by atoms with E-state index in [2.05, 4.69) is 46.9 Å². The molecule has 0 aromatic carbocycles. The van der Waals surface area contributed by atoms with Crippen molar-refractivity contribution >= 4 is 28.5 Å². The lowest BCUT2D eigenvalue weighted by Crippen LogP contribution is -2.39. The van der Waals surface area contributed by atoms with Crippen LogP contribution in [-0.4, -0.2) is 26.2 Å². The number of carbonyl (C=O) groups is 1. The van der Waals surface area contributed by atoms with E-state index < -0.39 is 0 Å². The Hall–Kier alpha value is -0.590. The number of aryl methyl sites for hydroxylation is 2. The maximum Gasteiger partial charge on any atom is 0.254 e. The largest absolute Gasteiger partial charge is 0.348 e. The minimum atomic E-state index is -0.0269. The van der Waals surface area contributed by atoms with Crippen LogP contribution in [0.2, 0.25) is 0 Å². The minimum absolute atomic E-state index is 0.0269. The van der Waals surface area contributed by atoms with Gasteiger partial charge in [-0.05, 0) is 12.8 Å². The van der Waals surface area contributed by atoms with Gasteiger partial charge in [-0.25, -0.2) is 0 Å². The van der Waals surface area contributed by atoms with Crippen molar-refractivity contribution in [2.75, 3.05) is 4.43 Å². The van der Waals surface area contributed by atoms with Crippen molar-refractivity contribution in [3.63, 3.8) is 0 Å². The summed E-state index contributed by atoms with van der Waals surface area (Å²) < 4.78 is 2.58. The highest BCUT2D eigenvalue weighted by Gasteiger charge is 2.18. The van der Waals surface area contributed by atoms with Gasteiger partial charge in [0.25, 0.3) is 5.91 Å². The molecule has 1 aromatic rings. The van der Waals surface area contributed by atoms with Gasteiger partial charge in [0.1, 0.15) is 0 Å². The molecule has 0 aliphatic rings. The molecule has 1 heterocycles. The van der Waals surface area contributed by atoms with Crippen LogP contribution in [0.25, 0.3) is 0 Å². The predicted molar refractivity (Wildman–Crippen MR) is 72.9 cm³/mol. The fourth-order valence-corrected chi connectivity index (χ4v) is 2.69. The SMILES string of the molecule is Cc1nn(C)cc1C(=O)NC(CI)C(C)C. The third-order valence-electron chi connectivity index (χ3n) is 2.55. The van der Waals surface area contributed by atoms with E-state index in [1.807, 2.05) is 14.0 Å². The molecule has 1 unspecified atom stereocenters. The first-order chi connectivity index (χ1) is 7.45. The summed E-state index contributed by atoms with van der Waals surface area (Å²) in [6, 6.07) is 0.215. The molecule has 1 aromatic heterocycles. The average Bonchev–Trinajstić information content (AvgIpc) is 2.53. The molecule has 16 heavy (non-hydrogen) atoms. The summed E-state index contributed by atoms with van der Waals surface area (Å²) in [4.78, 5) is 12.0. The number of alkyl halides is 1. The van der Waals surface area contributed by atoms with E-state index in [9.17, 15) is 4.79 Å². The van der Waals surface area contributed by atoms with E-state index in [1.54, 1.807) is 10.9 Å². The van der Waals surface area contributed by atoms with E-state index in [4.69, 9.17) is 0 Å². The smallest absolute Gasteiger partial charge is 0.254 e. The number of amides is 1. The molecule has 0 fully saturated rings. The second kappa shape index (κ2) is 5.65. The molecule has 4 nitrogen and oxygen atoms in total. The summed E-state index contributed by atoms with van der Waals surface area (Å²) in [5.74, 6) is 0.416. The normalized spacial score (nSPS) is 12.9. The van der Waals surface area contributed by atoms with Crippen molar-refractivity contribution in [1.82, 2.24) is 15.1 Å². The predicted octanol–water partition coefficient (Wildman–Crippen LogP) is 1.92. The Kier molecular flexibility index (Phi) is 4.76. The molecule has 1 atom stereocenters. The molecule has 1 amide bonds. The summed E-state index contributed by atoms with van der Waals surface area (Å²) in [6.45, 7) is 6.07. The van der Waals surface area contributed by atoms with Gasteiger partial charge in [-0.3, -0.25) is 9.48 Å². The zero-order valence-electron chi connectivity index (χ0n) is 10.1. The van der Waals surface area contributed by atoms with Crippen molar-refractivity contribution in [1.29, 1.82) is 0 Å². The van der Waals surface area contributed by atoms with E-state index in [0.29, 0.717) is 11.5 Å². The van der Waals surface area contributed by atoms with Crippen LogP contribution >= 0.6 is 22.6 Å². The lowest BCUT2D eigenvalue weighted by Gasteiger charge is -2.19. The molecule has 0 saturated carbocycles. The maximum atomic E-state index is 12.0. The first kappa shape index (κ1) is 13.5. The summed E-state index contributed by atoms with van der Waals surface area (Å²) in [5.41, 5.74) is 1.44. The molecule has 1 N–H and O–H groups in total. The Balaban J connectivity index is 2.75. The van der Waals surface area contributed by atoms with E-state index >= 15 is 0 Å². The van der Waals surface area contributed by atoms with Gasteiger partial charge in [-0.2, -0.15) is 5.10 Å². The summed E-state index contributed by atoms with van der Waals surface area (Å²) >= 11 is 2.30. The van der Waals surface area contributed by atoms with Crippen molar-refractivity contribution in [2.24, 2.45) is 13.0 Å². The Morgan fingerprint density at radius 2 is 2.25 bits per heavy atom. The summed E-state index contributed by atoms with van der Waals surface area (Å²) in [7, 11) is 1.82. The Morgan fingerprint density at radius 1 is 1.62 bits per heavy atom. The molecule has 90 valence electrons. The fourth-order valence-electron chi connectivity index (χ4n) is 1.45. The van der Waals surface area contributed by atoms with Gasteiger partial charge in [0, 0.05) is 23.7 Å². The third kappa shape index (κ3) is 3.20. The van der Waals surface area contributed by atoms with Crippen LogP contribution in [0.4, 0.5) is 0 Å². The number of hydrogen-bond donors (Lipinski definition) is 1. The highest BCUT2D eigenvalue weighted by atomic mass is 127. The summed E-state index contributed by atoms with van der Waals surface area (Å²) in [5, 5.41) is 7.20. The number of halogens is 1. The number of aromatic nitrogens is 2. The topological polar surface area (TPSA) is 46.9 Å². The molecule has 0 aliphatic carbocycles. The Bertz CT molecular complexity index is 373. The van der Waals surface area contributed by atoms with Gasteiger partial charge in [-0.15, -0.1) is 0 Å². The highest BCUT2D eigenvalue weighted by molar-refractivity contribution is 14.1. The highest BCUT2D eigenvalue weighted by Crippen LogP contribution is 2.09. The van der Waals surface area contributed by atoms with E-state index in [0.717, 1.165) is 10.1 Å². The first-order valence-electron chi connectivity index (χ1n) is 5.32. The van der Waals surface area contributed by atoms with Crippen molar-refractivity contribution in [3.8, 4) is 0 Å². The number of hydrogen-bond acceptors (Lipinski definition) is 2. The number of carbonyl (C=O) groups excluding carboxylic acids is 1. The van der Waals surface area contributed by atoms with Gasteiger partial charge in [0.15, 0.2) is 0 Å². The monoisotopic (exact) mass is 335 g/mol. The zero-order chi connectivity index (χ0) is 12.3. The standard InChI is InChI=1S/C11H18IN3O/c1-7(2)10(5-12)13-11(16)9-6-15(4)14-8(9)3/h6-7,10H,5H2,1-4H3,(H,13,16). The van der Waals surface area contributed by atoms with E-state index in [-0.39, 0.29) is 11.9 Å². The minimum Gasteiger partial charge on any atom is -0.348 e. The fraction of sp³-hybridized carbons (Fsp3) is 0.636. The van der Waals surface area contributed by atoms with Crippen LogP contribution in [0.15, 0.2) is 6.20 Å². The van der Waals surface area contributed by atoms with Gasteiger partial charge >= 0.3 is 0 Å². The van der Waals surface area contributed by atoms with Crippen molar-refractivity contribution in [3.05, 3.63) is 17.5 Å². The third-order valence-corrected chi connectivity index (χ3v) is 3.49. The van der Waals surface area contributed by atoms with Gasteiger partial charge in [0.2, 0.25) is 0 Å². The van der Waals surface area contributed by atoms with E-state index in [1.165, 1.54) is 0 Å². The molecule has 0 spiro atoms. The molecule has 1 rings (SSSR count). The molecule has 5 heteroatoms. The maximum absolute atomic E-state index is 12.0. The number of rotatable bonds is 4. The van der Waals surface area contributed by atoms with Crippen LogP contribution in [-0.2, 0) is 7.05 Å². The van der Waals surface area contributed by atoms with Gasteiger partial charge in [-0.1, -0.05) is 36.4 Å². The first-order valence-corrected chi connectivity index (χ1v) is 6.85. The lowest BCUT2D eigenvalue weighted by molar-refractivity contribution is 0.0931. The molecular weight excluding hydrogens is 317 g/mol. The zero-order valence-corrected chi connectivity index (χ0v) is 12.3. The average molecular weight is 335 g/mol.